The summed E-state index contributed by atoms with van der Waals surface area (Å²) in [6.45, 7) is 6.01. The minimum Gasteiger partial charge on any atom is -0.103 e. The molecule has 1 unspecified atom stereocenters. The molecule has 0 N–H and O–H groups in total. The van der Waals surface area contributed by atoms with Crippen LogP contribution in [0.25, 0.3) is 0 Å². The third kappa shape index (κ3) is 2.38. The molecule has 0 heteroatoms. The van der Waals surface area contributed by atoms with Crippen LogP contribution in [-0.2, 0) is 0 Å². The smallest absolute Gasteiger partial charge is 0.0167 e. The molecular formula is C11H16. The first kappa shape index (κ1) is 8.32. The van der Waals surface area contributed by atoms with Gasteiger partial charge in [-0.2, -0.15) is 0 Å². The van der Waals surface area contributed by atoms with Gasteiger partial charge in [0, 0.05) is 0 Å². The molecule has 0 radical (unpaired) electrons. The molecule has 0 aromatic heterocycles. The van der Waals surface area contributed by atoms with E-state index < -0.39 is 0 Å². The predicted octanol–water partition coefficient (Wildman–Crippen LogP) is 3.48. The zero-order valence-corrected chi connectivity index (χ0v) is 7.22. The van der Waals surface area contributed by atoms with Gasteiger partial charge in [-0.25, -0.2) is 0 Å². The van der Waals surface area contributed by atoms with Crippen LogP contribution in [0.5, 0.6) is 0 Å². The topological polar surface area (TPSA) is 0 Å². The molecule has 1 aliphatic carbocycles. The van der Waals surface area contributed by atoms with E-state index in [0.29, 0.717) is 5.92 Å². The van der Waals surface area contributed by atoms with E-state index >= 15 is 0 Å². The van der Waals surface area contributed by atoms with E-state index in [9.17, 15) is 0 Å². The van der Waals surface area contributed by atoms with Crippen LogP contribution >= 0.6 is 0 Å². The summed E-state index contributed by atoms with van der Waals surface area (Å²) in [7, 11) is 0. The van der Waals surface area contributed by atoms with E-state index in [1.807, 2.05) is 0 Å². The normalized spacial score (nSPS) is 24.1. The minimum atomic E-state index is 0.662. The van der Waals surface area contributed by atoms with Crippen LogP contribution in [-0.4, -0.2) is 0 Å². The maximum absolute atomic E-state index is 3.81. The average Bonchev–Trinajstić information content (AvgIpc) is 2.28. The van der Waals surface area contributed by atoms with Crippen molar-refractivity contribution >= 4 is 0 Å². The zero-order valence-electron chi connectivity index (χ0n) is 7.22. The van der Waals surface area contributed by atoms with Gasteiger partial charge in [-0.3, -0.25) is 0 Å². The molecule has 1 rings (SSSR count). The summed E-state index contributed by atoms with van der Waals surface area (Å²) >= 11 is 0. The largest absolute Gasteiger partial charge is 0.103 e. The van der Waals surface area contributed by atoms with Gasteiger partial charge in [0.05, 0.1) is 0 Å². The predicted molar refractivity (Wildman–Crippen MR) is 50.4 cm³/mol. The first-order valence-corrected chi connectivity index (χ1v) is 4.35. The third-order valence-electron chi connectivity index (χ3n) is 2.20. The highest BCUT2D eigenvalue weighted by molar-refractivity contribution is 5.21. The average molecular weight is 148 g/mol. The number of rotatable bonds is 2. The van der Waals surface area contributed by atoms with Gasteiger partial charge in [0.15, 0.2) is 0 Å². The van der Waals surface area contributed by atoms with E-state index in [1.54, 1.807) is 0 Å². The van der Waals surface area contributed by atoms with Crippen molar-refractivity contribution in [2.45, 2.75) is 26.2 Å². The molecule has 11 heavy (non-hydrogen) atoms. The first-order chi connectivity index (χ1) is 5.36. The fourth-order valence-corrected chi connectivity index (χ4v) is 1.32. The number of hydrogen-bond acceptors (Lipinski definition) is 0. The van der Waals surface area contributed by atoms with E-state index in [0.717, 1.165) is 12.8 Å². The third-order valence-corrected chi connectivity index (χ3v) is 2.20. The zero-order chi connectivity index (χ0) is 8.10. The molecule has 0 saturated heterocycles. The van der Waals surface area contributed by atoms with Gasteiger partial charge >= 0.3 is 0 Å². The molecule has 1 atom stereocenters. The monoisotopic (exact) mass is 148 g/mol. The van der Waals surface area contributed by atoms with E-state index in [4.69, 9.17) is 0 Å². The fraction of sp³-hybridized carbons (Fsp3) is 0.455. The molecule has 0 spiro atoms. The van der Waals surface area contributed by atoms with Gasteiger partial charge in [-0.15, -0.1) is 6.58 Å². The van der Waals surface area contributed by atoms with Crippen LogP contribution in [0, 0.1) is 5.92 Å². The molecule has 0 bridgehead atoms. The molecule has 60 valence electrons. The van der Waals surface area contributed by atoms with Crippen molar-refractivity contribution in [1.82, 2.24) is 0 Å². The summed E-state index contributed by atoms with van der Waals surface area (Å²) in [4.78, 5) is 0. The molecule has 0 aromatic carbocycles. The maximum atomic E-state index is 3.81. The van der Waals surface area contributed by atoms with E-state index in [-0.39, 0.29) is 0 Å². The molecular weight excluding hydrogens is 132 g/mol. The summed E-state index contributed by atoms with van der Waals surface area (Å²) in [6.07, 6.45) is 12.4. The van der Waals surface area contributed by atoms with Crippen LogP contribution in [0.15, 0.2) is 36.5 Å². The van der Waals surface area contributed by atoms with Crippen molar-refractivity contribution in [1.29, 1.82) is 0 Å². The van der Waals surface area contributed by atoms with E-state index in [1.165, 1.54) is 12.0 Å². The van der Waals surface area contributed by atoms with Crippen LogP contribution in [0.4, 0.5) is 0 Å². The molecule has 0 aromatic rings. The summed E-state index contributed by atoms with van der Waals surface area (Å²) in [5.74, 6) is 0.662. The Morgan fingerprint density at radius 1 is 1.64 bits per heavy atom. The highest BCUT2D eigenvalue weighted by Gasteiger charge is 2.02. The van der Waals surface area contributed by atoms with Gasteiger partial charge in [0.2, 0.25) is 0 Å². The molecule has 0 aliphatic heterocycles. The van der Waals surface area contributed by atoms with Crippen LogP contribution in [0.1, 0.15) is 26.2 Å². The second-order valence-electron chi connectivity index (χ2n) is 3.00. The molecule has 0 heterocycles. The Labute approximate surface area is 69.3 Å². The molecule has 0 amide bonds. The summed E-state index contributed by atoms with van der Waals surface area (Å²) in [5, 5.41) is 0. The SMILES string of the molecule is C=CC1CC=CC(CC)=CC1. The lowest BCUT2D eigenvalue weighted by Crippen LogP contribution is -1.89. The van der Waals surface area contributed by atoms with Gasteiger partial charge in [-0.05, 0) is 25.2 Å². The van der Waals surface area contributed by atoms with Crippen molar-refractivity contribution in [2.75, 3.05) is 0 Å². The molecule has 0 fully saturated rings. The lowest BCUT2D eigenvalue weighted by atomic mass is 10.0. The van der Waals surface area contributed by atoms with Crippen molar-refractivity contribution in [3.8, 4) is 0 Å². The summed E-state index contributed by atoms with van der Waals surface area (Å²) in [6, 6.07) is 0. The Balaban J connectivity index is 2.60. The Bertz CT molecular complexity index is 184. The van der Waals surface area contributed by atoms with Gasteiger partial charge in [0.25, 0.3) is 0 Å². The Morgan fingerprint density at radius 3 is 3.09 bits per heavy atom. The molecule has 0 nitrogen and oxygen atoms in total. The fourth-order valence-electron chi connectivity index (χ4n) is 1.32. The molecule has 1 aliphatic rings. The Hall–Kier alpha value is -0.780. The maximum Gasteiger partial charge on any atom is -0.0167 e. The Kier molecular flexibility index (Phi) is 3.15. The van der Waals surface area contributed by atoms with Crippen molar-refractivity contribution in [3.05, 3.63) is 36.5 Å². The highest BCUT2D eigenvalue weighted by atomic mass is 14.1. The number of hydrogen-bond donors (Lipinski definition) is 0. The van der Waals surface area contributed by atoms with Crippen molar-refractivity contribution in [2.24, 2.45) is 5.92 Å². The quantitative estimate of drug-likeness (QED) is 0.526. The van der Waals surface area contributed by atoms with Gasteiger partial charge in [0.1, 0.15) is 0 Å². The van der Waals surface area contributed by atoms with Crippen molar-refractivity contribution in [3.63, 3.8) is 0 Å². The molecule has 0 saturated carbocycles. The highest BCUT2D eigenvalue weighted by Crippen LogP contribution is 2.18. The first-order valence-electron chi connectivity index (χ1n) is 4.35. The van der Waals surface area contributed by atoms with Crippen LogP contribution in [0.3, 0.4) is 0 Å². The van der Waals surface area contributed by atoms with Crippen LogP contribution in [0.2, 0.25) is 0 Å². The summed E-state index contributed by atoms with van der Waals surface area (Å²) in [5.41, 5.74) is 1.47. The van der Waals surface area contributed by atoms with E-state index in [2.05, 4.69) is 37.8 Å². The second-order valence-corrected chi connectivity index (χ2v) is 3.00. The minimum absolute atomic E-state index is 0.662. The standard InChI is InChI=1S/C11H16/c1-3-10-6-5-7-11(4-2)9-8-10/h3,5,7,9-10H,1,4,6,8H2,2H3. The Morgan fingerprint density at radius 2 is 2.45 bits per heavy atom. The van der Waals surface area contributed by atoms with Gasteiger partial charge in [-0.1, -0.05) is 36.8 Å². The van der Waals surface area contributed by atoms with Gasteiger partial charge < -0.3 is 0 Å². The lowest BCUT2D eigenvalue weighted by molar-refractivity contribution is 0.680. The number of allylic oxidation sites excluding steroid dienone is 5. The van der Waals surface area contributed by atoms with Crippen LogP contribution < -0.4 is 0 Å². The second kappa shape index (κ2) is 4.17. The summed E-state index contributed by atoms with van der Waals surface area (Å²) < 4.78 is 0. The van der Waals surface area contributed by atoms with Crippen molar-refractivity contribution < 1.29 is 0 Å². The lowest BCUT2D eigenvalue weighted by Gasteiger charge is -2.02.